The molecule has 0 atom stereocenters. The van der Waals surface area contributed by atoms with Crippen LogP contribution in [0.5, 0.6) is 0 Å². The van der Waals surface area contributed by atoms with Gasteiger partial charge in [0.1, 0.15) is 0 Å². The molecule has 0 aromatic rings. The van der Waals surface area contributed by atoms with Crippen LogP contribution < -0.4 is 0 Å². The molecule has 50 valence electrons. The molecule has 0 saturated heterocycles. The highest BCUT2D eigenvalue weighted by Gasteiger charge is 1.89. The molecule has 0 spiro atoms. The van der Waals surface area contributed by atoms with Gasteiger partial charge in [-0.2, -0.15) is 0 Å². The lowest BCUT2D eigenvalue weighted by Crippen LogP contribution is -2.21. The molecule has 0 radical (unpaired) electrons. The van der Waals surface area contributed by atoms with Crippen molar-refractivity contribution in [3.8, 4) is 0 Å². The smallest absolute Gasteiger partial charge is 0.0814 e. The highest BCUT2D eigenvalue weighted by atomic mass is 15.1. The average Bonchev–Trinajstić information content (AvgIpc) is 1.72. The molecule has 0 fully saturated rings. The van der Waals surface area contributed by atoms with E-state index in [-0.39, 0.29) is 8.41 Å². The summed E-state index contributed by atoms with van der Waals surface area (Å²) in [4.78, 5) is 2.38. The van der Waals surface area contributed by atoms with Gasteiger partial charge in [-0.3, -0.25) is 0 Å². The first-order chi connectivity index (χ1) is 3.35. The second kappa shape index (κ2) is 7.02. The Labute approximate surface area is 54.6 Å². The lowest BCUT2D eigenvalue weighted by Gasteiger charge is -2.13. The topological polar surface area (TPSA) is 3.24 Å². The Hall–Kier alpha value is 0.0249. The maximum atomic E-state index is 2.38. The quantitative estimate of drug-likeness (QED) is 0.473. The van der Waals surface area contributed by atoms with Gasteiger partial charge < -0.3 is 4.90 Å². The molecule has 0 aliphatic rings. The SMILES string of the molecule is B.CCN(CC)CC. The number of hydrogen-bond donors (Lipinski definition) is 0. The number of rotatable bonds is 3. The van der Waals surface area contributed by atoms with Gasteiger partial charge in [-0.1, -0.05) is 20.8 Å². The van der Waals surface area contributed by atoms with Crippen LogP contribution >= 0.6 is 0 Å². The number of nitrogens with zero attached hydrogens (tertiary/aromatic N) is 1. The van der Waals surface area contributed by atoms with E-state index in [0.29, 0.717) is 0 Å². The van der Waals surface area contributed by atoms with Crippen molar-refractivity contribution in [1.29, 1.82) is 0 Å². The molecule has 0 aliphatic heterocycles. The molecule has 8 heavy (non-hydrogen) atoms. The van der Waals surface area contributed by atoms with Crippen molar-refractivity contribution in [2.75, 3.05) is 19.6 Å². The van der Waals surface area contributed by atoms with E-state index in [1.807, 2.05) is 0 Å². The molecular weight excluding hydrogens is 96.9 g/mol. The third kappa shape index (κ3) is 4.19. The van der Waals surface area contributed by atoms with Crippen molar-refractivity contribution in [2.45, 2.75) is 20.8 Å². The maximum Gasteiger partial charge on any atom is 0.0814 e. The van der Waals surface area contributed by atoms with E-state index in [4.69, 9.17) is 0 Å². The first-order valence-corrected chi connectivity index (χ1v) is 3.07. The fraction of sp³-hybridized carbons (Fsp3) is 1.00. The highest BCUT2D eigenvalue weighted by molar-refractivity contribution is 5.75. The molecule has 0 bridgehead atoms. The van der Waals surface area contributed by atoms with Crippen molar-refractivity contribution in [3.05, 3.63) is 0 Å². The predicted molar refractivity (Wildman–Crippen MR) is 43.4 cm³/mol. The van der Waals surface area contributed by atoms with Crippen molar-refractivity contribution in [3.63, 3.8) is 0 Å². The second-order valence-electron chi connectivity index (χ2n) is 1.62. The van der Waals surface area contributed by atoms with Gasteiger partial charge in [-0.05, 0) is 19.6 Å². The van der Waals surface area contributed by atoms with Gasteiger partial charge in [0.25, 0.3) is 0 Å². The summed E-state index contributed by atoms with van der Waals surface area (Å²) in [5.74, 6) is 0. The Bertz CT molecular complexity index is 30.0. The maximum absolute atomic E-state index is 2.38. The molecule has 0 unspecified atom stereocenters. The van der Waals surface area contributed by atoms with Crippen LogP contribution in [0.25, 0.3) is 0 Å². The molecule has 0 saturated carbocycles. The van der Waals surface area contributed by atoms with Crippen LogP contribution in [0.4, 0.5) is 0 Å². The van der Waals surface area contributed by atoms with Crippen LogP contribution in [0, 0.1) is 0 Å². The predicted octanol–water partition coefficient (Wildman–Crippen LogP) is 0.164. The van der Waals surface area contributed by atoms with Crippen molar-refractivity contribution in [1.82, 2.24) is 4.90 Å². The van der Waals surface area contributed by atoms with E-state index in [0.717, 1.165) is 0 Å². The third-order valence-electron chi connectivity index (χ3n) is 1.34. The molecular formula is C6H18BN. The van der Waals surface area contributed by atoms with Gasteiger partial charge in [0, 0.05) is 0 Å². The average molecular weight is 115 g/mol. The first kappa shape index (κ1) is 10.9. The largest absolute Gasteiger partial charge is 0.304 e. The van der Waals surface area contributed by atoms with Gasteiger partial charge in [-0.15, -0.1) is 0 Å². The van der Waals surface area contributed by atoms with Crippen LogP contribution in [0.2, 0.25) is 0 Å². The molecule has 0 aliphatic carbocycles. The Morgan fingerprint density at radius 2 is 1.12 bits per heavy atom. The first-order valence-electron chi connectivity index (χ1n) is 3.07. The Kier molecular flexibility index (Phi) is 9.58. The van der Waals surface area contributed by atoms with Crippen LogP contribution in [0.1, 0.15) is 20.8 Å². The molecule has 0 heterocycles. The molecule has 0 N–H and O–H groups in total. The van der Waals surface area contributed by atoms with E-state index in [1.165, 1.54) is 19.6 Å². The zero-order chi connectivity index (χ0) is 5.70. The summed E-state index contributed by atoms with van der Waals surface area (Å²) in [5.41, 5.74) is 0. The minimum atomic E-state index is 0. The van der Waals surface area contributed by atoms with Crippen molar-refractivity contribution >= 4 is 8.41 Å². The number of hydrogen-bond acceptors (Lipinski definition) is 1. The summed E-state index contributed by atoms with van der Waals surface area (Å²) in [5, 5.41) is 0. The molecule has 0 amide bonds. The summed E-state index contributed by atoms with van der Waals surface area (Å²) in [6.45, 7) is 10.1. The Morgan fingerprint density at radius 3 is 1.12 bits per heavy atom. The van der Waals surface area contributed by atoms with Crippen LogP contribution in [0.3, 0.4) is 0 Å². The van der Waals surface area contributed by atoms with E-state index in [9.17, 15) is 0 Å². The van der Waals surface area contributed by atoms with E-state index >= 15 is 0 Å². The molecule has 2 heteroatoms. The summed E-state index contributed by atoms with van der Waals surface area (Å²) in [7, 11) is 0. The standard InChI is InChI=1S/C6H15N.BH3/c1-4-7(5-2)6-3;/h4-6H2,1-3H3;1H3. The second-order valence-corrected chi connectivity index (χ2v) is 1.62. The summed E-state index contributed by atoms with van der Waals surface area (Å²) in [6.07, 6.45) is 0. The zero-order valence-corrected chi connectivity index (χ0v) is 5.57. The van der Waals surface area contributed by atoms with E-state index in [1.54, 1.807) is 0 Å². The Balaban J connectivity index is 0. The summed E-state index contributed by atoms with van der Waals surface area (Å²) >= 11 is 0. The van der Waals surface area contributed by atoms with Gasteiger partial charge in [0.2, 0.25) is 0 Å². The van der Waals surface area contributed by atoms with Gasteiger partial charge in [-0.25, -0.2) is 0 Å². The van der Waals surface area contributed by atoms with Gasteiger partial charge in [0.05, 0.1) is 8.41 Å². The van der Waals surface area contributed by atoms with Gasteiger partial charge >= 0.3 is 0 Å². The molecule has 0 rings (SSSR count). The van der Waals surface area contributed by atoms with Crippen molar-refractivity contribution in [2.24, 2.45) is 0 Å². The lowest BCUT2D eigenvalue weighted by atomic mass is 10.5. The minimum Gasteiger partial charge on any atom is -0.304 e. The fourth-order valence-electron chi connectivity index (χ4n) is 0.671. The van der Waals surface area contributed by atoms with Gasteiger partial charge in [0.15, 0.2) is 0 Å². The fourth-order valence-corrected chi connectivity index (χ4v) is 0.671. The van der Waals surface area contributed by atoms with Crippen LogP contribution in [0.15, 0.2) is 0 Å². The minimum absolute atomic E-state index is 0. The summed E-state index contributed by atoms with van der Waals surface area (Å²) < 4.78 is 0. The van der Waals surface area contributed by atoms with Crippen molar-refractivity contribution < 1.29 is 0 Å². The van der Waals surface area contributed by atoms with Crippen LogP contribution in [-0.2, 0) is 0 Å². The van der Waals surface area contributed by atoms with E-state index < -0.39 is 0 Å². The zero-order valence-electron chi connectivity index (χ0n) is 5.57. The monoisotopic (exact) mass is 115 g/mol. The summed E-state index contributed by atoms with van der Waals surface area (Å²) in [6, 6.07) is 0. The molecule has 0 aromatic heterocycles. The van der Waals surface area contributed by atoms with Crippen LogP contribution in [-0.4, -0.2) is 32.9 Å². The third-order valence-corrected chi connectivity index (χ3v) is 1.34. The highest BCUT2D eigenvalue weighted by Crippen LogP contribution is 1.81. The Morgan fingerprint density at radius 1 is 0.875 bits per heavy atom. The molecule has 0 aromatic carbocycles. The normalized spacial score (nSPS) is 9.00. The lowest BCUT2D eigenvalue weighted by molar-refractivity contribution is 0.321. The molecule has 1 nitrogen and oxygen atoms in total. The van der Waals surface area contributed by atoms with E-state index in [2.05, 4.69) is 25.7 Å².